The van der Waals surface area contributed by atoms with Gasteiger partial charge in [-0.3, -0.25) is 0 Å². The fourth-order valence-corrected chi connectivity index (χ4v) is 3.09. The van der Waals surface area contributed by atoms with E-state index in [0.717, 1.165) is 33.3 Å². The maximum absolute atomic E-state index is 5.90. The van der Waals surface area contributed by atoms with E-state index >= 15 is 0 Å². The molecule has 0 aliphatic carbocycles. The summed E-state index contributed by atoms with van der Waals surface area (Å²) < 4.78 is 11.0. The van der Waals surface area contributed by atoms with Gasteiger partial charge in [0.2, 0.25) is 0 Å². The van der Waals surface area contributed by atoms with Crippen LogP contribution in [0.15, 0.2) is 52.3 Å². The molecule has 0 aromatic heterocycles. The zero-order chi connectivity index (χ0) is 15.2. The van der Waals surface area contributed by atoms with E-state index in [1.54, 1.807) is 26.0 Å². The normalized spacial score (nSPS) is 12.0. The molecule has 0 spiro atoms. The van der Waals surface area contributed by atoms with Gasteiger partial charge in [0.1, 0.15) is 11.5 Å². The summed E-state index contributed by atoms with van der Waals surface area (Å²) in [5.74, 6) is 1.70. The van der Waals surface area contributed by atoms with Gasteiger partial charge in [0.05, 0.1) is 19.1 Å². The maximum atomic E-state index is 5.90. The average Bonchev–Trinajstić information content (AvgIpc) is 2.48. The van der Waals surface area contributed by atoms with Crippen molar-refractivity contribution in [3.8, 4) is 11.5 Å². The Hall–Kier alpha value is -1.65. The van der Waals surface area contributed by atoms with Crippen molar-refractivity contribution in [2.75, 3.05) is 14.2 Å². The molecular weight excluding hydrogens is 282 g/mol. The second-order valence-electron chi connectivity index (χ2n) is 4.91. The molecule has 2 rings (SSSR count). The maximum Gasteiger partial charge on any atom is 0.133 e. The van der Waals surface area contributed by atoms with Gasteiger partial charge in [-0.1, -0.05) is 30.0 Å². The third-order valence-electron chi connectivity index (χ3n) is 3.08. The molecule has 2 aromatic carbocycles. The third kappa shape index (κ3) is 4.16. The van der Waals surface area contributed by atoms with Gasteiger partial charge in [0.25, 0.3) is 0 Å². The van der Waals surface area contributed by atoms with Crippen LogP contribution in [0.25, 0.3) is 0 Å². The monoisotopic (exact) mass is 303 g/mol. The molecule has 2 N–H and O–H groups in total. The highest BCUT2D eigenvalue weighted by Gasteiger charge is 2.13. The number of hydrogen-bond acceptors (Lipinski definition) is 4. The number of hydrogen-bond donors (Lipinski definition) is 1. The molecule has 0 saturated carbocycles. The van der Waals surface area contributed by atoms with Gasteiger partial charge >= 0.3 is 0 Å². The van der Waals surface area contributed by atoms with Gasteiger partial charge < -0.3 is 15.2 Å². The highest BCUT2D eigenvalue weighted by molar-refractivity contribution is 7.99. The average molecular weight is 303 g/mol. The van der Waals surface area contributed by atoms with Crippen molar-refractivity contribution in [2.45, 2.75) is 29.2 Å². The Morgan fingerprint density at radius 1 is 1.05 bits per heavy atom. The van der Waals surface area contributed by atoms with Crippen molar-refractivity contribution < 1.29 is 9.47 Å². The largest absolute Gasteiger partial charge is 0.496 e. The second-order valence-corrected chi connectivity index (χ2v) is 6.03. The number of rotatable bonds is 6. The molecule has 0 amide bonds. The molecule has 0 heterocycles. The van der Waals surface area contributed by atoms with Crippen LogP contribution in [0.5, 0.6) is 11.5 Å². The lowest BCUT2D eigenvalue weighted by molar-refractivity contribution is 0.389. The van der Waals surface area contributed by atoms with Gasteiger partial charge in [-0.2, -0.15) is 0 Å². The first-order valence-corrected chi connectivity index (χ1v) is 7.69. The highest BCUT2D eigenvalue weighted by Crippen LogP contribution is 2.39. The molecule has 0 unspecified atom stereocenters. The first kappa shape index (κ1) is 15.7. The Balaban J connectivity index is 2.36. The van der Waals surface area contributed by atoms with Crippen LogP contribution >= 0.6 is 11.8 Å². The zero-order valence-corrected chi connectivity index (χ0v) is 13.4. The van der Waals surface area contributed by atoms with E-state index in [1.165, 1.54) is 0 Å². The quantitative estimate of drug-likeness (QED) is 0.883. The van der Waals surface area contributed by atoms with E-state index in [2.05, 4.69) is 12.1 Å². The fraction of sp³-hybridized carbons (Fsp3) is 0.294. The van der Waals surface area contributed by atoms with Gasteiger partial charge in [0, 0.05) is 10.9 Å². The van der Waals surface area contributed by atoms with Crippen molar-refractivity contribution in [1.29, 1.82) is 0 Å². The van der Waals surface area contributed by atoms with E-state index in [-0.39, 0.29) is 6.04 Å². The topological polar surface area (TPSA) is 44.5 Å². The van der Waals surface area contributed by atoms with Crippen LogP contribution in [-0.4, -0.2) is 20.3 Å². The molecule has 3 nitrogen and oxygen atoms in total. The summed E-state index contributed by atoms with van der Waals surface area (Å²) in [6.07, 6.45) is 0.760. The van der Waals surface area contributed by atoms with Crippen LogP contribution in [-0.2, 0) is 6.42 Å². The minimum absolute atomic E-state index is 0.0798. The number of methoxy groups -OCH3 is 2. The first-order valence-electron chi connectivity index (χ1n) is 6.87. The van der Waals surface area contributed by atoms with Gasteiger partial charge in [-0.05, 0) is 43.2 Å². The summed E-state index contributed by atoms with van der Waals surface area (Å²) in [5, 5.41) is 0. The SMILES string of the molecule is COc1cc(Sc2ccccc2)c(OC)cc1C[C@@H](C)N. The Labute approximate surface area is 130 Å². The molecule has 21 heavy (non-hydrogen) atoms. The van der Waals surface area contributed by atoms with Crippen molar-refractivity contribution >= 4 is 11.8 Å². The molecule has 0 aliphatic heterocycles. The molecular formula is C17H21NO2S. The Kier molecular flexibility index (Phi) is 5.53. The molecule has 0 fully saturated rings. The van der Waals surface area contributed by atoms with E-state index in [4.69, 9.17) is 15.2 Å². The highest BCUT2D eigenvalue weighted by atomic mass is 32.2. The summed E-state index contributed by atoms with van der Waals surface area (Å²) in [5.41, 5.74) is 6.97. The zero-order valence-electron chi connectivity index (χ0n) is 12.6. The Bertz CT molecular complexity index is 585. The fourth-order valence-electron chi connectivity index (χ4n) is 2.13. The van der Waals surface area contributed by atoms with Crippen LogP contribution in [0.3, 0.4) is 0 Å². The van der Waals surface area contributed by atoms with E-state index in [9.17, 15) is 0 Å². The molecule has 2 aromatic rings. The number of benzene rings is 2. The first-order chi connectivity index (χ1) is 10.1. The third-order valence-corrected chi connectivity index (χ3v) is 4.13. The lowest BCUT2D eigenvalue weighted by Gasteiger charge is -2.16. The molecule has 0 bridgehead atoms. The van der Waals surface area contributed by atoms with Crippen LogP contribution in [0, 0.1) is 0 Å². The van der Waals surface area contributed by atoms with Crippen molar-refractivity contribution in [3.05, 3.63) is 48.0 Å². The molecule has 112 valence electrons. The number of ether oxygens (including phenoxy) is 2. The van der Waals surface area contributed by atoms with Crippen molar-refractivity contribution in [1.82, 2.24) is 0 Å². The predicted octanol–water partition coefficient (Wildman–Crippen LogP) is 3.74. The molecule has 4 heteroatoms. The van der Waals surface area contributed by atoms with Crippen molar-refractivity contribution in [3.63, 3.8) is 0 Å². The van der Waals surface area contributed by atoms with Gasteiger partial charge in [-0.25, -0.2) is 0 Å². The lowest BCUT2D eigenvalue weighted by Crippen LogP contribution is -2.18. The minimum atomic E-state index is 0.0798. The van der Waals surface area contributed by atoms with E-state index < -0.39 is 0 Å². The standard InChI is InChI=1S/C17H21NO2S/c1-12(18)9-13-10-16(20-3)17(11-15(13)19-2)21-14-7-5-4-6-8-14/h4-8,10-12H,9,18H2,1-3H3/t12-/m1/s1. The van der Waals surface area contributed by atoms with Crippen LogP contribution in [0.4, 0.5) is 0 Å². The van der Waals surface area contributed by atoms with Crippen LogP contribution < -0.4 is 15.2 Å². The summed E-state index contributed by atoms with van der Waals surface area (Å²) in [6.45, 7) is 1.98. The summed E-state index contributed by atoms with van der Waals surface area (Å²) in [4.78, 5) is 2.20. The van der Waals surface area contributed by atoms with E-state index in [0.29, 0.717) is 0 Å². The Morgan fingerprint density at radius 3 is 2.29 bits per heavy atom. The summed E-state index contributed by atoms with van der Waals surface area (Å²) in [6, 6.07) is 14.3. The van der Waals surface area contributed by atoms with Gasteiger partial charge in [0.15, 0.2) is 0 Å². The Morgan fingerprint density at radius 2 is 1.71 bits per heavy atom. The molecule has 1 atom stereocenters. The van der Waals surface area contributed by atoms with E-state index in [1.807, 2.05) is 37.3 Å². The second kappa shape index (κ2) is 7.38. The summed E-state index contributed by atoms with van der Waals surface area (Å²) >= 11 is 1.66. The van der Waals surface area contributed by atoms with Crippen molar-refractivity contribution in [2.24, 2.45) is 5.73 Å². The van der Waals surface area contributed by atoms with Crippen LogP contribution in [0.1, 0.15) is 12.5 Å². The molecule has 0 saturated heterocycles. The smallest absolute Gasteiger partial charge is 0.133 e. The molecule has 0 radical (unpaired) electrons. The van der Waals surface area contributed by atoms with Gasteiger partial charge in [-0.15, -0.1) is 0 Å². The lowest BCUT2D eigenvalue weighted by atomic mass is 10.1. The summed E-state index contributed by atoms with van der Waals surface area (Å²) in [7, 11) is 3.37. The molecule has 0 aliphatic rings. The minimum Gasteiger partial charge on any atom is -0.496 e. The number of nitrogens with two attached hydrogens (primary N) is 1. The predicted molar refractivity (Wildman–Crippen MR) is 87.5 cm³/mol. The van der Waals surface area contributed by atoms with Crippen LogP contribution in [0.2, 0.25) is 0 Å².